The summed E-state index contributed by atoms with van der Waals surface area (Å²) in [6.45, 7) is 15.8. The maximum atomic E-state index is 13.4. The summed E-state index contributed by atoms with van der Waals surface area (Å²) >= 11 is 0. The predicted octanol–water partition coefficient (Wildman–Crippen LogP) is 5.95. The van der Waals surface area contributed by atoms with Crippen LogP contribution in [0.15, 0.2) is 54.6 Å². The van der Waals surface area contributed by atoms with Crippen molar-refractivity contribution in [1.29, 1.82) is 0 Å². The van der Waals surface area contributed by atoms with Crippen LogP contribution in [0.2, 0.25) is 0 Å². The minimum atomic E-state index is -0.559. The molecular formula is C31H44N2O4. The molecule has 2 aromatic rings. The van der Waals surface area contributed by atoms with E-state index in [1.54, 1.807) is 12.1 Å². The Morgan fingerprint density at radius 3 is 1.95 bits per heavy atom. The van der Waals surface area contributed by atoms with E-state index in [4.69, 9.17) is 4.74 Å². The molecule has 0 fully saturated rings. The van der Waals surface area contributed by atoms with Gasteiger partial charge in [-0.1, -0.05) is 56.3 Å². The molecule has 0 aliphatic heterocycles. The van der Waals surface area contributed by atoms with Crippen LogP contribution in [-0.2, 0) is 32.1 Å². The lowest BCUT2D eigenvalue weighted by Crippen LogP contribution is -2.51. The normalized spacial score (nSPS) is 13.6. The van der Waals surface area contributed by atoms with Crippen LogP contribution in [0.5, 0.6) is 0 Å². The molecule has 6 nitrogen and oxygen atoms in total. The van der Waals surface area contributed by atoms with E-state index >= 15 is 0 Å². The van der Waals surface area contributed by atoms with Gasteiger partial charge in [0.25, 0.3) is 0 Å². The summed E-state index contributed by atoms with van der Waals surface area (Å²) in [5.74, 6) is -0.823. The molecule has 0 aliphatic rings. The van der Waals surface area contributed by atoms with E-state index in [9.17, 15) is 14.4 Å². The molecule has 37 heavy (non-hydrogen) atoms. The Morgan fingerprint density at radius 2 is 1.43 bits per heavy atom. The predicted molar refractivity (Wildman–Crippen MR) is 149 cm³/mol. The van der Waals surface area contributed by atoms with Gasteiger partial charge in [0, 0.05) is 23.6 Å². The number of amides is 1. The van der Waals surface area contributed by atoms with Gasteiger partial charge in [-0.05, 0) is 77.1 Å². The Hall–Kier alpha value is -2.99. The van der Waals surface area contributed by atoms with Crippen molar-refractivity contribution in [1.82, 2.24) is 5.32 Å². The highest BCUT2D eigenvalue weighted by molar-refractivity contribution is 5.96. The van der Waals surface area contributed by atoms with Crippen molar-refractivity contribution in [2.24, 2.45) is 17.3 Å². The lowest BCUT2D eigenvalue weighted by molar-refractivity contribution is -0.154. The quantitative estimate of drug-likeness (QED) is 0.367. The molecule has 2 rings (SSSR count). The largest absolute Gasteiger partial charge is 0.460 e. The maximum absolute atomic E-state index is 13.4. The second-order valence-corrected chi connectivity index (χ2v) is 12.2. The fraction of sp³-hybridized carbons (Fsp3) is 0.516. The second-order valence-electron chi connectivity index (χ2n) is 12.2. The number of nitrogens with one attached hydrogen (secondary N) is 2. The van der Waals surface area contributed by atoms with Crippen LogP contribution in [-0.4, -0.2) is 29.2 Å². The van der Waals surface area contributed by atoms with Crippen LogP contribution in [0.4, 0.5) is 5.69 Å². The number of Topliss-reactive ketones (excluding diaryl/α,β-unsaturated/α-hetero) is 1. The molecular weight excluding hydrogens is 464 g/mol. The number of hydrogen-bond donors (Lipinski definition) is 2. The summed E-state index contributed by atoms with van der Waals surface area (Å²) in [7, 11) is 0. The zero-order chi connectivity index (χ0) is 27.8. The van der Waals surface area contributed by atoms with Gasteiger partial charge in [-0.2, -0.15) is 0 Å². The summed E-state index contributed by atoms with van der Waals surface area (Å²) < 4.78 is 5.37. The Kier molecular flexibility index (Phi) is 10.6. The van der Waals surface area contributed by atoms with E-state index < -0.39 is 11.3 Å². The number of rotatable bonds is 11. The van der Waals surface area contributed by atoms with Gasteiger partial charge in [0.05, 0.1) is 11.5 Å². The number of ketones is 1. The summed E-state index contributed by atoms with van der Waals surface area (Å²) in [6, 6.07) is 16.7. The van der Waals surface area contributed by atoms with Crippen molar-refractivity contribution in [3.8, 4) is 0 Å². The first-order chi connectivity index (χ1) is 17.2. The Bertz CT molecular complexity index is 1030. The van der Waals surface area contributed by atoms with E-state index in [1.807, 2.05) is 97.9 Å². The van der Waals surface area contributed by atoms with Crippen molar-refractivity contribution in [3.63, 3.8) is 0 Å². The molecule has 202 valence electrons. The van der Waals surface area contributed by atoms with Crippen LogP contribution in [0.25, 0.3) is 0 Å². The van der Waals surface area contributed by atoms with Gasteiger partial charge in [0.1, 0.15) is 6.61 Å². The van der Waals surface area contributed by atoms with Crippen molar-refractivity contribution in [3.05, 3.63) is 65.7 Å². The number of benzene rings is 2. The molecule has 2 atom stereocenters. The minimum absolute atomic E-state index is 0.0389. The lowest BCUT2D eigenvalue weighted by atomic mass is 9.87. The summed E-state index contributed by atoms with van der Waals surface area (Å²) in [6.07, 6.45) is 0.618. The molecule has 0 saturated carbocycles. The maximum Gasteiger partial charge on any atom is 0.311 e. The molecule has 0 saturated heterocycles. The molecule has 0 heterocycles. The zero-order valence-corrected chi connectivity index (χ0v) is 23.7. The fourth-order valence-corrected chi connectivity index (χ4v) is 3.91. The molecule has 0 radical (unpaired) electrons. The highest BCUT2D eigenvalue weighted by atomic mass is 16.5. The molecule has 0 spiro atoms. The average Bonchev–Trinajstić information content (AvgIpc) is 2.80. The summed E-state index contributed by atoms with van der Waals surface area (Å²) in [5, 5.41) is 6.41. The fourth-order valence-electron chi connectivity index (χ4n) is 3.91. The number of anilines is 1. The molecule has 6 heteroatoms. The van der Waals surface area contributed by atoms with Gasteiger partial charge in [-0.15, -0.1) is 0 Å². The third kappa shape index (κ3) is 10.5. The van der Waals surface area contributed by atoms with Gasteiger partial charge in [-0.25, -0.2) is 0 Å². The van der Waals surface area contributed by atoms with Crippen molar-refractivity contribution in [2.75, 3.05) is 5.32 Å². The van der Waals surface area contributed by atoms with Gasteiger partial charge < -0.3 is 15.4 Å². The zero-order valence-electron chi connectivity index (χ0n) is 23.7. The minimum Gasteiger partial charge on any atom is -0.460 e. The molecule has 2 N–H and O–H groups in total. The van der Waals surface area contributed by atoms with E-state index in [2.05, 4.69) is 10.6 Å². The third-order valence-corrected chi connectivity index (χ3v) is 5.95. The lowest BCUT2D eigenvalue weighted by Gasteiger charge is -2.31. The topological polar surface area (TPSA) is 84.5 Å². The van der Waals surface area contributed by atoms with E-state index in [1.165, 1.54) is 0 Å². The smallest absolute Gasteiger partial charge is 0.311 e. The highest BCUT2D eigenvalue weighted by Gasteiger charge is 2.31. The van der Waals surface area contributed by atoms with E-state index in [-0.39, 0.29) is 48.2 Å². The van der Waals surface area contributed by atoms with Crippen LogP contribution in [0, 0.1) is 17.3 Å². The van der Waals surface area contributed by atoms with Gasteiger partial charge in [0.15, 0.2) is 5.78 Å². The van der Waals surface area contributed by atoms with Crippen LogP contribution < -0.4 is 10.6 Å². The Morgan fingerprint density at radius 1 is 0.838 bits per heavy atom. The summed E-state index contributed by atoms with van der Waals surface area (Å²) in [4.78, 5) is 38.8. The van der Waals surface area contributed by atoms with Crippen molar-refractivity contribution >= 4 is 23.3 Å². The number of carbonyl (C=O) groups is 3. The van der Waals surface area contributed by atoms with Crippen LogP contribution in [0.3, 0.4) is 0 Å². The van der Waals surface area contributed by atoms with Gasteiger partial charge >= 0.3 is 5.97 Å². The molecule has 1 amide bonds. The molecule has 0 bridgehead atoms. The van der Waals surface area contributed by atoms with Crippen LogP contribution >= 0.6 is 0 Å². The Balaban J connectivity index is 2.14. The monoisotopic (exact) mass is 508 g/mol. The first-order valence-corrected chi connectivity index (χ1v) is 13.1. The van der Waals surface area contributed by atoms with E-state index in [0.717, 1.165) is 11.1 Å². The molecule has 0 aromatic heterocycles. The molecule has 0 unspecified atom stereocenters. The number of carbonyl (C=O) groups excluding carboxylic acids is 3. The molecule has 0 aliphatic carbocycles. The third-order valence-electron chi connectivity index (χ3n) is 5.95. The standard InChI is InChI=1S/C31H44N2O4/c1-21(2)27(33-31(6,7)8)26(34)19-24(18-22-12-10-9-11-13-22)28(35)32-25-16-14-23(15-17-25)20-37-29(36)30(3,4)5/h9-17,21,24,27,33H,18-20H2,1-8H3,(H,32,35)/t24-,27+/m1/s1. The number of esters is 1. The first-order valence-electron chi connectivity index (χ1n) is 13.1. The SMILES string of the molecule is CC(C)[C@H](NC(C)(C)C)C(=O)C[C@@H](Cc1ccccc1)C(=O)Nc1ccc(COC(=O)C(C)(C)C)cc1. The van der Waals surface area contributed by atoms with Gasteiger partial charge in [-0.3, -0.25) is 14.4 Å². The number of hydrogen-bond acceptors (Lipinski definition) is 5. The van der Waals surface area contributed by atoms with Crippen molar-refractivity contribution in [2.45, 2.75) is 86.4 Å². The van der Waals surface area contributed by atoms with Gasteiger partial charge in [0.2, 0.25) is 5.91 Å². The second kappa shape index (κ2) is 13.0. The highest BCUT2D eigenvalue weighted by Crippen LogP contribution is 2.21. The van der Waals surface area contributed by atoms with E-state index in [0.29, 0.717) is 12.1 Å². The average molecular weight is 509 g/mol. The number of ether oxygens (including phenoxy) is 1. The van der Waals surface area contributed by atoms with Crippen LogP contribution in [0.1, 0.15) is 72.9 Å². The Labute approximate surface area is 222 Å². The first kappa shape index (κ1) is 30.2. The van der Waals surface area contributed by atoms with Crippen molar-refractivity contribution < 1.29 is 19.1 Å². The molecule has 2 aromatic carbocycles. The summed E-state index contributed by atoms with van der Waals surface area (Å²) in [5.41, 5.74) is 1.70.